The summed E-state index contributed by atoms with van der Waals surface area (Å²) in [6.07, 6.45) is 0. The Bertz CT molecular complexity index is 539. The number of carboxylic acids is 1. The Balaban J connectivity index is 2.11. The SMILES string of the molecule is Cc1nc(SCc2ccccc2C(=O)O)n[nH]1. The normalized spacial score (nSPS) is 10.4. The van der Waals surface area contributed by atoms with Crippen LogP contribution in [0.4, 0.5) is 0 Å². The highest BCUT2D eigenvalue weighted by atomic mass is 32.2. The zero-order valence-corrected chi connectivity index (χ0v) is 9.99. The summed E-state index contributed by atoms with van der Waals surface area (Å²) in [5, 5.41) is 16.4. The molecule has 88 valence electrons. The van der Waals surface area contributed by atoms with E-state index < -0.39 is 5.97 Å². The van der Waals surface area contributed by atoms with Crippen LogP contribution in [0.3, 0.4) is 0 Å². The fourth-order valence-corrected chi connectivity index (χ4v) is 2.23. The summed E-state index contributed by atoms with van der Waals surface area (Å²) in [6, 6.07) is 6.94. The zero-order chi connectivity index (χ0) is 12.3. The topological polar surface area (TPSA) is 78.9 Å². The van der Waals surface area contributed by atoms with Gasteiger partial charge >= 0.3 is 5.97 Å². The Hall–Kier alpha value is -1.82. The number of nitrogens with zero attached hydrogens (tertiary/aromatic N) is 2. The van der Waals surface area contributed by atoms with Crippen LogP contribution in [0.15, 0.2) is 29.4 Å². The molecule has 0 unspecified atom stereocenters. The third kappa shape index (κ3) is 2.85. The highest BCUT2D eigenvalue weighted by molar-refractivity contribution is 7.98. The first-order valence-corrected chi connectivity index (χ1v) is 5.98. The zero-order valence-electron chi connectivity index (χ0n) is 9.17. The average molecular weight is 249 g/mol. The lowest BCUT2D eigenvalue weighted by Crippen LogP contribution is -2.00. The van der Waals surface area contributed by atoms with Gasteiger partial charge in [0.25, 0.3) is 0 Å². The third-order valence-electron chi connectivity index (χ3n) is 2.18. The van der Waals surface area contributed by atoms with Crippen LogP contribution in [0, 0.1) is 6.92 Å². The Morgan fingerprint density at radius 1 is 1.47 bits per heavy atom. The van der Waals surface area contributed by atoms with E-state index in [0.717, 1.165) is 11.4 Å². The van der Waals surface area contributed by atoms with E-state index in [1.807, 2.05) is 13.0 Å². The number of rotatable bonds is 4. The van der Waals surface area contributed by atoms with Crippen molar-refractivity contribution in [2.75, 3.05) is 0 Å². The number of aryl methyl sites for hydroxylation is 1. The standard InChI is InChI=1S/C11H11N3O2S/c1-7-12-11(14-13-7)17-6-8-4-2-3-5-9(8)10(15)16/h2-5H,6H2,1H3,(H,15,16)(H,12,13,14). The lowest BCUT2D eigenvalue weighted by molar-refractivity contribution is 0.0696. The molecule has 0 spiro atoms. The molecule has 0 saturated heterocycles. The molecule has 0 aliphatic heterocycles. The molecule has 17 heavy (non-hydrogen) atoms. The molecule has 1 aromatic carbocycles. The van der Waals surface area contributed by atoms with Gasteiger partial charge in [0.2, 0.25) is 5.16 Å². The second-order valence-electron chi connectivity index (χ2n) is 3.45. The van der Waals surface area contributed by atoms with Crippen LogP contribution in [-0.4, -0.2) is 26.3 Å². The molecule has 5 nitrogen and oxygen atoms in total. The summed E-state index contributed by atoms with van der Waals surface area (Å²) in [5.41, 5.74) is 1.10. The summed E-state index contributed by atoms with van der Waals surface area (Å²) in [6.45, 7) is 1.82. The molecule has 0 aliphatic rings. The number of carboxylic acid groups (broad SMARTS) is 1. The summed E-state index contributed by atoms with van der Waals surface area (Å²) in [5.74, 6) is 0.381. The first-order valence-electron chi connectivity index (χ1n) is 5.00. The number of aromatic carboxylic acids is 1. The molecular formula is C11H11N3O2S. The van der Waals surface area contributed by atoms with Gasteiger partial charge in [0.1, 0.15) is 5.82 Å². The van der Waals surface area contributed by atoms with Crippen molar-refractivity contribution in [2.45, 2.75) is 17.8 Å². The molecular weight excluding hydrogens is 238 g/mol. The number of thioether (sulfide) groups is 1. The van der Waals surface area contributed by atoms with Crippen molar-refractivity contribution in [3.05, 3.63) is 41.2 Å². The van der Waals surface area contributed by atoms with Crippen LogP contribution in [-0.2, 0) is 5.75 Å². The fourth-order valence-electron chi connectivity index (χ4n) is 1.38. The van der Waals surface area contributed by atoms with Crippen LogP contribution < -0.4 is 0 Å². The maximum atomic E-state index is 11.0. The van der Waals surface area contributed by atoms with Gasteiger partial charge in [0, 0.05) is 5.75 Å². The van der Waals surface area contributed by atoms with Crippen molar-refractivity contribution in [1.29, 1.82) is 0 Å². The van der Waals surface area contributed by atoms with Crippen molar-refractivity contribution >= 4 is 17.7 Å². The summed E-state index contributed by atoms with van der Waals surface area (Å²) in [7, 11) is 0. The van der Waals surface area contributed by atoms with E-state index in [4.69, 9.17) is 5.11 Å². The lowest BCUT2D eigenvalue weighted by Gasteiger charge is -2.03. The first-order chi connectivity index (χ1) is 8.16. The highest BCUT2D eigenvalue weighted by Gasteiger charge is 2.10. The molecule has 2 aromatic rings. The highest BCUT2D eigenvalue weighted by Crippen LogP contribution is 2.21. The van der Waals surface area contributed by atoms with E-state index >= 15 is 0 Å². The van der Waals surface area contributed by atoms with E-state index in [9.17, 15) is 4.79 Å². The minimum atomic E-state index is -0.910. The molecule has 1 aromatic heterocycles. The maximum absolute atomic E-state index is 11.0. The van der Waals surface area contributed by atoms with E-state index in [0.29, 0.717) is 16.5 Å². The predicted octanol–water partition coefficient (Wildman–Crippen LogP) is 2.10. The second-order valence-corrected chi connectivity index (χ2v) is 4.40. The van der Waals surface area contributed by atoms with Gasteiger partial charge in [0.15, 0.2) is 0 Å². The molecule has 1 heterocycles. The van der Waals surface area contributed by atoms with E-state index in [-0.39, 0.29) is 0 Å². The van der Waals surface area contributed by atoms with Gasteiger partial charge in [-0.3, -0.25) is 5.10 Å². The number of aromatic amines is 1. The van der Waals surface area contributed by atoms with E-state index in [2.05, 4.69) is 15.2 Å². The summed E-state index contributed by atoms with van der Waals surface area (Å²) in [4.78, 5) is 15.1. The lowest BCUT2D eigenvalue weighted by atomic mass is 10.1. The van der Waals surface area contributed by atoms with Crippen LogP contribution in [0.1, 0.15) is 21.7 Å². The fraction of sp³-hybridized carbons (Fsp3) is 0.182. The van der Waals surface area contributed by atoms with Gasteiger partial charge in [-0.15, -0.1) is 5.10 Å². The summed E-state index contributed by atoms with van der Waals surface area (Å²) >= 11 is 1.41. The molecule has 0 bridgehead atoms. The van der Waals surface area contributed by atoms with Crippen molar-refractivity contribution < 1.29 is 9.90 Å². The number of aromatic nitrogens is 3. The molecule has 0 aliphatic carbocycles. The van der Waals surface area contributed by atoms with Crippen LogP contribution in [0.25, 0.3) is 0 Å². The van der Waals surface area contributed by atoms with Gasteiger partial charge in [-0.25, -0.2) is 9.78 Å². The quantitative estimate of drug-likeness (QED) is 0.811. The van der Waals surface area contributed by atoms with E-state index in [1.165, 1.54) is 11.8 Å². The van der Waals surface area contributed by atoms with Crippen molar-refractivity contribution in [2.24, 2.45) is 0 Å². The molecule has 0 amide bonds. The summed E-state index contributed by atoms with van der Waals surface area (Å²) < 4.78 is 0. The first kappa shape index (κ1) is 11.7. The monoisotopic (exact) mass is 249 g/mol. The van der Waals surface area contributed by atoms with Gasteiger partial charge in [-0.2, -0.15) is 0 Å². The van der Waals surface area contributed by atoms with Gasteiger partial charge in [0.05, 0.1) is 5.56 Å². The largest absolute Gasteiger partial charge is 0.478 e. The average Bonchev–Trinajstić information content (AvgIpc) is 2.73. The van der Waals surface area contributed by atoms with E-state index in [1.54, 1.807) is 18.2 Å². The van der Waals surface area contributed by atoms with Crippen LogP contribution >= 0.6 is 11.8 Å². The molecule has 0 radical (unpaired) electrons. The third-order valence-corrected chi connectivity index (χ3v) is 3.08. The van der Waals surface area contributed by atoms with Gasteiger partial charge in [-0.1, -0.05) is 30.0 Å². The van der Waals surface area contributed by atoms with Gasteiger partial charge < -0.3 is 5.11 Å². The number of carbonyl (C=O) groups is 1. The maximum Gasteiger partial charge on any atom is 0.335 e. The number of nitrogens with one attached hydrogen (secondary N) is 1. The predicted molar refractivity (Wildman–Crippen MR) is 64.1 cm³/mol. The minimum absolute atomic E-state index is 0.326. The van der Waals surface area contributed by atoms with Gasteiger partial charge in [-0.05, 0) is 18.6 Å². The van der Waals surface area contributed by atoms with Crippen molar-refractivity contribution in [1.82, 2.24) is 15.2 Å². The Kier molecular flexibility index (Phi) is 3.43. The smallest absolute Gasteiger partial charge is 0.335 e. The molecule has 0 saturated carbocycles. The number of H-pyrrole nitrogens is 1. The molecule has 0 atom stereocenters. The Labute approximate surface area is 102 Å². The van der Waals surface area contributed by atoms with Crippen molar-refractivity contribution in [3.8, 4) is 0 Å². The Morgan fingerprint density at radius 3 is 2.88 bits per heavy atom. The van der Waals surface area contributed by atoms with Crippen molar-refractivity contribution in [3.63, 3.8) is 0 Å². The number of hydrogen-bond acceptors (Lipinski definition) is 4. The second kappa shape index (κ2) is 5.01. The molecule has 2 rings (SSSR count). The minimum Gasteiger partial charge on any atom is -0.478 e. The van der Waals surface area contributed by atoms with Crippen LogP contribution in [0.5, 0.6) is 0 Å². The van der Waals surface area contributed by atoms with Crippen LogP contribution in [0.2, 0.25) is 0 Å². The molecule has 2 N–H and O–H groups in total. The molecule has 0 fully saturated rings. The molecule has 6 heteroatoms. The number of benzene rings is 1. The number of hydrogen-bond donors (Lipinski definition) is 2. The Morgan fingerprint density at radius 2 is 2.24 bits per heavy atom.